The molecule has 0 spiro atoms. The molecule has 0 bridgehead atoms. The lowest BCUT2D eigenvalue weighted by atomic mass is 10.3. The van der Waals surface area contributed by atoms with E-state index in [9.17, 15) is 4.79 Å². The molecule has 18 heavy (non-hydrogen) atoms. The molecule has 2 aromatic rings. The van der Waals surface area contributed by atoms with Crippen LogP contribution < -0.4 is 10.9 Å². The zero-order valence-electron chi connectivity index (χ0n) is 10.7. The van der Waals surface area contributed by atoms with Gasteiger partial charge in [0.05, 0.1) is 0 Å². The third-order valence-corrected chi connectivity index (χ3v) is 2.77. The van der Waals surface area contributed by atoms with Gasteiger partial charge in [0.1, 0.15) is 5.82 Å². The minimum absolute atomic E-state index is 0.00913. The largest absolute Gasteiger partial charge is 0.383 e. The number of aromatic nitrogens is 2. The van der Waals surface area contributed by atoms with Crippen molar-refractivity contribution in [2.45, 2.75) is 20.4 Å². The molecule has 0 aliphatic rings. The third kappa shape index (κ3) is 2.97. The van der Waals surface area contributed by atoms with Crippen LogP contribution >= 0.6 is 0 Å². The SMILES string of the molecule is Cc1cc(=O)n(CCNc2ccccc2)c(C)n1. The van der Waals surface area contributed by atoms with Gasteiger partial charge in [0, 0.05) is 30.5 Å². The molecule has 0 saturated carbocycles. The summed E-state index contributed by atoms with van der Waals surface area (Å²) in [7, 11) is 0. The lowest BCUT2D eigenvalue weighted by Crippen LogP contribution is -2.26. The molecule has 0 radical (unpaired) electrons. The fraction of sp³-hybridized carbons (Fsp3) is 0.286. The van der Waals surface area contributed by atoms with E-state index in [-0.39, 0.29) is 5.56 Å². The average molecular weight is 243 g/mol. The van der Waals surface area contributed by atoms with Crippen molar-refractivity contribution in [3.63, 3.8) is 0 Å². The van der Waals surface area contributed by atoms with E-state index in [1.807, 2.05) is 44.2 Å². The molecule has 1 aromatic carbocycles. The summed E-state index contributed by atoms with van der Waals surface area (Å²) in [5.74, 6) is 0.759. The molecular formula is C14H17N3O. The van der Waals surface area contributed by atoms with Gasteiger partial charge in [-0.2, -0.15) is 0 Å². The van der Waals surface area contributed by atoms with Crippen LogP contribution in [0.1, 0.15) is 11.5 Å². The highest BCUT2D eigenvalue weighted by atomic mass is 16.1. The Labute approximate surface area is 106 Å². The van der Waals surface area contributed by atoms with Gasteiger partial charge in [-0.25, -0.2) is 4.98 Å². The summed E-state index contributed by atoms with van der Waals surface area (Å²) in [4.78, 5) is 16.1. The Morgan fingerprint density at radius 2 is 1.94 bits per heavy atom. The maximum absolute atomic E-state index is 11.8. The van der Waals surface area contributed by atoms with Crippen LogP contribution in [0.3, 0.4) is 0 Å². The second kappa shape index (κ2) is 5.49. The van der Waals surface area contributed by atoms with Crippen LogP contribution in [0.15, 0.2) is 41.2 Å². The molecule has 1 aromatic heterocycles. The van der Waals surface area contributed by atoms with Gasteiger partial charge < -0.3 is 5.32 Å². The number of benzene rings is 1. The Morgan fingerprint density at radius 3 is 2.61 bits per heavy atom. The summed E-state index contributed by atoms with van der Waals surface area (Å²) in [6.07, 6.45) is 0. The van der Waals surface area contributed by atoms with Crippen LogP contribution in [-0.4, -0.2) is 16.1 Å². The summed E-state index contributed by atoms with van der Waals surface area (Å²) in [6, 6.07) is 11.5. The van der Waals surface area contributed by atoms with Gasteiger partial charge in [-0.05, 0) is 26.0 Å². The Kier molecular flexibility index (Phi) is 3.77. The first-order valence-corrected chi connectivity index (χ1v) is 6.01. The molecule has 0 unspecified atom stereocenters. The van der Waals surface area contributed by atoms with Gasteiger partial charge >= 0.3 is 0 Å². The van der Waals surface area contributed by atoms with E-state index in [1.165, 1.54) is 0 Å². The monoisotopic (exact) mass is 243 g/mol. The maximum atomic E-state index is 11.8. The Bertz CT molecular complexity index is 575. The van der Waals surface area contributed by atoms with E-state index < -0.39 is 0 Å². The van der Waals surface area contributed by atoms with E-state index in [2.05, 4.69) is 10.3 Å². The Balaban J connectivity index is 2.01. The van der Waals surface area contributed by atoms with Crippen molar-refractivity contribution in [3.05, 3.63) is 58.3 Å². The Morgan fingerprint density at radius 1 is 1.22 bits per heavy atom. The molecule has 0 aliphatic carbocycles. The summed E-state index contributed by atoms with van der Waals surface area (Å²) in [5, 5.41) is 3.27. The molecule has 0 saturated heterocycles. The van der Waals surface area contributed by atoms with E-state index in [4.69, 9.17) is 0 Å². The quantitative estimate of drug-likeness (QED) is 0.893. The van der Waals surface area contributed by atoms with Crippen LogP contribution in [-0.2, 0) is 6.54 Å². The predicted molar refractivity (Wildman–Crippen MR) is 72.9 cm³/mol. The van der Waals surface area contributed by atoms with Gasteiger partial charge in [0.2, 0.25) is 0 Å². The summed E-state index contributed by atoms with van der Waals surface area (Å²) >= 11 is 0. The van der Waals surface area contributed by atoms with Crippen molar-refractivity contribution in [1.29, 1.82) is 0 Å². The van der Waals surface area contributed by atoms with Crippen molar-refractivity contribution in [2.75, 3.05) is 11.9 Å². The van der Waals surface area contributed by atoms with Gasteiger partial charge in [0.15, 0.2) is 0 Å². The molecule has 0 atom stereocenters. The molecule has 4 heteroatoms. The van der Waals surface area contributed by atoms with Crippen molar-refractivity contribution in [1.82, 2.24) is 9.55 Å². The molecule has 4 nitrogen and oxygen atoms in total. The summed E-state index contributed by atoms with van der Waals surface area (Å²) < 4.78 is 1.68. The third-order valence-electron chi connectivity index (χ3n) is 2.77. The molecular weight excluding hydrogens is 226 g/mol. The fourth-order valence-corrected chi connectivity index (χ4v) is 1.90. The zero-order valence-corrected chi connectivity index (χ0v) is 10.7. The lowest BCUT2D eigenvalue weighted by Gasteiger charge is -2.11. The average Bonchev–Trinajstić information content (AvgIpc) is 2.34. The highest BCUT2D eigenvalue weighted by Gasteiger charge is 2.02. The first kappa shape index (κ1) is 12.4. The summed E-state index contributed by atoms with van der Waals surface area (Å²) in [6.45, 7) is 5.01. The number of rotatable bonds is 4. The Hall–Kier alpha value is -2.10. The van der Waals surface area contributed by atoms with E-state index in [0.29, 0.717) is 13.1 Å². The number of nitrogens with one attached hydrogen (secondary N) is 1. The first-order chi connectivity index (χ1) is 8.66. The smallest absolute Gasteiger partial charge is 0.253 e. The normalized spacial score (nSPS) is 10.3. The minimum Gasteiger partial charge on any atom is -0.383 e. The van der Waals surface area contributed by atoms with E-state index in [1.54, 1.807) is 10.6 Å². The second-order valence-corrected chi connectivity index (χ2v) is 4.23. The fourth-order valence-electron chi connectivity index (χ4n) is 1.90. The van der Waals surface area contributed by atoms with Gasteiger partial charge in [-0.15, -0.1) is 0 Å². The van der Waals surface area contributed by atoms with Crippen LogP contribution in [0.5, 0.6) is 0 Å². The first-order valence-electron chi connectivity index (χ1n) is 6.01. The van der Waals surface area contributed by atoms with E-state index >= 15 is 0 Å². The maximum Gasteiger partial charge on any atom is 0.253 e. The zero-order chi connectivity index (χ0) is 13.0. The van der Waals surface area contributed by atoms with Gasteiger partial charge in [0.25, 0.3) is 5.56 Å². The molecule has 0 fully saturated rings. The standard InChI is InChI=1S/C14H17N3O/c1-11-10-14(18)17(12(2)16-11)9-8-15-13-6-4-3-5-7-13/h3-7,10,15H,8-9H2,1-2H3. The van der Waals surface area contributed by atoms with Crippen molar-refractivity contribution in [2.24, 2.45) is 0 Å². The van der Waals surface area contributed by atoms with Gasteiger partial charge in [-0.1, -0.05) is 18.2 Å². The van der Waals surface area contributed by atoms with Crippen molar-refractivity contribution >= 4 is 5.69 Å². The lowest BCUT2D eigenvalue weighted by molar-refractivity contribution is 0.648. The predicted octanol–water partition coefficient (Wildman–Crippen LogP) is 1.97. The minimum atomic E-state index is 0.00913. The second-order valence-electron chi connectivity index (χ2n) is 4.23. The van der Waals surface area contributed by atoms with Crippen molar-refractivity contribution < 1.29 is 0 Å². The van der Waals surface area contributed by atoms with E-state index in [0.717, 1.165) is 17.2 Å². The van der Waals surface area contributed by atoms with Crippen molar-refractivity contribution in [3.8, 4) is 0 Å². The number of anilines is 1. The molecule has 1 heterocycles. The topological polar surface area (TPSA) is 46.9 Å². The van der Waals surface area contributed by atoms with Crippen LogP contribution in [0.2, 0.25) is 0 Å². The molecule has 2 rings (SSSR count). The van der Waals surface area contributed by atoms with Crippen LogP contribution in [0.4, 0.5) is 5.69 Å². The molecule has 0 amide bonds. The number of hydrogen-bond donors (Lipinski definition) is 1. The number of para-hydroxylation sites is 1. The van der Waals surface area contributed by atoms with Crippen LogP contribution in [0.25, 0.3) is 0 Å². The molecule has 1 N–H and O–H groups in total. The highest BCUT2D eigenvalue weighted by Crippen LogP contribution is 2.04. The number of aryl methyl sites for hydroxylation is 2. The molecule has 0 aliphatic heterocycles. The van der Waals surface area contributed by atoms with Gasteiger partial charge in [-0.3, -0.25) is 9.36 Å². The molecule has 94 valence electrons. The number of hydrogen-bond acceptors (Lipinski definition) is 3. The number of nitrogens with zero attached hydrogens (tertiary/aromatic N) is 2. The van der Waals surface area contributed by atoms with Crippen LogP contribution in [0, 0.1) is 13.8 Å². The summed E-state index contributed by atoms with van der Waals surface area (Å²) in [5.41, 5.74) is 1.84. The highest BCUT2D eigenvalue weighted by molar-refractivity contribution is 5.42.